The van der Waals surface area contributed by atoms with Gasteiger partial charge in [-0.15, -0.1) is 13.2 Å². The van der Waals surface area contributed by atoms with E-state index in [1.54, 1.807) is 0 Å². The van der Waals surface area contributed by atoms with Crippen molar-refractivity contribution in [1.29, 1.82) is 0 Å². The van der Waals surface area contributed by atoms with Gasteiger partial charge in [0.1, 0.15) is 5.52 Å². The van der Waals surface area contributed by atoms with Gasteiger partial charge < -0.3 is 4.84 Å². The Bertz CT molecular complexity index is 1120. The molecule has 12 heteroatoms. The molecular weight excluding hydrogens is 408 g/mol. The molecule has 0 unspecified atom stereocenters. The number of non-ortho nitro benzene ring substituents is 1. The van der Waals surface area contributed by atoms with Crippen molar-refractivity contribution in [3.05, 3.63) is 57.1 Å². The number of nitro groups is 1. The summed E-state index contributed by atoms with van der Waals surface area (Å²) in [5.74, 6) is -0.653. The fourth-order valence-corrected chi connectivity index (χ4v) is 2.87. The predicted octanol–water partition coefficient (Wildman–Crippen LogP) is 5.20. The van der Waals surface area contributed by atoms with Crippen LogP contribution in [0.1, 0.15) is 16.7 Å². The molecule has 1 aromatic heterocycles. The number of aryl methyl sites for hydroxylation is 2. The van der Waals surface area contributed by atoms with Gasteiger partial charge >= 0.3 is 12.5 Å². The molecule has 3 rings (SSSR count). The molecule has 0 saturated heterocycles. The molecule has 0 aliphatic carbocycles. The lowest BCUT2D eigenvalue weighted by Gasteiger charge is -2.14. The van der Waals surface area contributed by atoms with Crippen LogP contribution in [0.2, 0.25) is 0 Å². The maximum atomic E-state index is 13.1. The first kappa shape index (κ1) is 20.4. The first-order chi connectivity index (χ1) is 13.3. The Morgan fingerprint density at radius 3 is 2.17 bits per heavy atom. The molecule has 1 heterocycles. The Hall–Kier alpha value is -3.31. The van der Waals surface area contributed by atoms with Crippen LogP contribution in [-0.2, 0) is 6.18 Å². The molecule has 154 valence electrons. The van der Waals surface area contributed by atoms with Crippen LogP contribution in [0.15, 0.2) is 30.3 Å². The zero-order valence-corrected chi connectivity index (χ0v) is 14.7. The summed E-state index contributed by atoms with van der Waals surface area (Å²) in [6.45, 7) is 2.73. The van der Waals surface area contributed by atoms with E-state index in [4.69, 9.17) is 0 Å². The smallest absolute Gasteiger partial charge is 0.311 e. The third-order valence-electron chi connectivity index (χ3n) is 3.90. The molecule has 29 heavy (non-hydrogen) atoms. The summed E-state index contributed by atoms with van der Waals surface area (Å²) in [7, 11) is 0. The van der Waals surface area contributed by atoms with E-state index in [0.29, 0.717) is 6.07 Å². The minimum atomic E-state index is -5.22. The van der Waals surface area contributed by atoms with Crippen molar-refractivity contribution >= 4 is 16.7 Å². The van der Waals surface area contributed by atoms with Gasteiger partial charge in [0.15, 0.2) is 11.3 Å². The quantitative estimate of drug-likeness (QED) is 0.333. The van der Waals surface area contributed by atoms with Gasteiger partial charge in [-0.1, -0.05) is 0 Å². The van der Waals surface area contributed by atoms with E-state index in [-0.39, 0.29) is 21.4 Å². The van der Waals surface area contributed by atoms with E-state index < -0.39 is 45.6 Å². The summed E-state index contributed by atoms with van der Waals surface area (Å²) in [5, 5.41) is 11.3. The lowest BCUT2D eigenvalue weighted by atomic mass is 10.1. The van der Waals surface area contributed by atoms with Crippen LogP contribution in [-0.4, -0.2) is 21.0 Å². The molecule has 0 N–H and O–H groups in total. The third kappa shape index (κ3) is 4.10. The van der Waals surface area contributed by atoms with E-state index in [9.17, 15) is 36.5 Å². The minimum absolute atomic E-state index is 0.103. The van der Waals surface area contributed by atoms with Crippen LogP contribution in [0.4, 0.5) is 32.0 Å². The Labute approximate surface area is 158 Å². The highest BCUT2D eigenvalue weighted by molar-refractivity contribution is 5.88. The van der Waals surface area contributed by atoms with Crippen LogP contribution in [0, 0.1) is 24.0 Å². The molecule has 2 aromatic carbocycles. The molecule has 0 spiro atoms. The number of alkyl halides is 6. The normalized spacial score (nSPS) is 12.4. The highest BCUT2D eigenvalue weighted by atomic mass is 19.4. The van der Waals surface area contributed by atoms with Crippen molar-refractivity contribution in [1.82, 2.24) is 9.71 Å². The number of nitro benzene ring substituents is 1. The van der Waals surface area contributed by atoms with Gasteiger partial charge in [0.2, 0.25) is 0 Å². The number of fused-ring (bicyclic) bond motifs is 1. The van der Waals surface area contributed by atoms with Crippen LogP contribution in [0.5, 0.6) is 0 Å². The van der Waals surface area contributed by atoms with Crippen LogP contribution in [0.3, 0.4) is 0 Å². The summed E-state index contributed by atoms with van der Waals surface area (Å²) < 4.78 is 78.5. The Morgan fingerprint density at radius 1 is 1.00 bits per heavy atom. The van der Waals surface area contributed by atoms with Crippen molar-refractivity contribution < 1.29 is 36.1 Å². The number of rotatable bonds is 3. The molecule has 0 bridgehead atoms. The second-order valence-electron chi connectivity index (χ2n) is 6.26. The highest BCUT2D eigenvalue weighted by Crippen LogP contribution is 2.36. The Balaban J connectivity index is 2.38. The average molecular weight is 419 g/mol. The van der Waals surface area contributed by atoms with Crippen molar-refractivity contribution in [2.45, 2.75) is 26.4 Å². The highest BCUT2D eigenvalue weighted by Gasteiger charge is 2.36. The van der Waals surface area contributed by atoms with E-state index in [2.05, 4.69) is 9.82 Å². The summed E-state index contributed by atoms with van der Waals surface area (Å²) in [6.07, 6.45) is -9.98. The number of nitrogens with zero attached hydrogens (tertiary/aromatic N) is 3. The topological polar surface area (TPSA) is 70.2 Å². The van der Waals surface area contributed by atoms with Gasteiger partial charge in [0.25, 0.3) is 5.69 Å². The van der Waals surface area contributed by atoms with Crippen molar-refractivity contribution in [3.63, 3.8) is 0 Å². The monoisotopic (exact) mass is 419 g/mol. The molecule has 0 fully saturated rings. The maximum absolute atomic E-state index is 13.1. The van der Waals surface area contributed by atoms with E-state index in [1.165, 1.54) is 19.9 Å². The fraction of sp³-hybridized carbons (Fsp3) is 0.235. The molecule has 3 aromatic rings. The first-order valence-corrected chi connectivity index (χ1v) is 7.89. The standard InChI is InChI=1S/C17H11F6N3O3/c1-8-3-10(7-11(4-8)16(18,19)20)15-24-14-12(25(15)29-17(21,22)23)5-9(2)6-13(14)26(27)28/h3-7H,1-2H3. The van der Waals surface area contributed by atoms with Gasteiger partial charge in [0.05, 0.1) is 10.5 Å². The fourth-order valence-electron chi connectivity index (χ4n) is 2.87. The lowest BCUT2D eigenvalue weighted by molar-refractivity contribution is -0.383. The number of aromatic nitrogens is 2. The summed E-state index contributed by atoms with van der Waals surface area (Å²) in [6, 6.07) is 4.84. The predicted molar refractivity (Wildman–Crippen MR) is 88.9 cm³/mol. The number of hydrogen-bond donors (Lipinski definition) is 0. The van der Waals surface area contributed by atoms with Gasteiger partial charge in [-0.25, -0.2) is 4.98 Å². The molecule has 0 atom stereocenters. The second kappa shape index (κ2) is 6.64. The Kier molecular flexibility index (Phi) is 4.67. The first-order valence-electron chi connectivity index (χ1n) is 7.89. The lowest BCUT2D eigenvalue weighted by Crippen LogP contribution is -2.27. The molecule has 0 amide bonds. The molecule has 0 aliphatic heterocycles. The third-order valence-corrected chi connectivity index (χ3v) is 3.90. The maximum Gasteiger partial charge on any atom is 0.591 e. The van der Waals surface area contributed by atoms with Crippen LogP contribution < -0.4 is 4.84 Å². The van der Waals surface area contributed by atoms with Crippen molar-refractivity contribution in [2.24, 2.45) is 0 Å². The van der Waals surface area contributed by atoms with Gasteiger partial charge in [0, 0.05) is 11.6 Å². The number of imidazole rings is 1. The number of halogens is 6. The van der Waals surface area contributed by atoms with Gasteiger partial charge in [-0.3, -0.25) is 10.1 Å². The average Bonchev–Trinajstić information content (AvgIpc) is 2.89. The zero-order chi connectivity index (χ0) is 21.7. The van der Waals surface area contributed by atoms with E-state index in [1.807, 2.05) is 0 Å². The number of hydrogen-bond acceptors (Lipinski definition) is 4. The van der Waals surface area contributed by atoms with Gasteiger partial charge in [-0.05, 0) is 49.2 Å². The van der Waals surface area contributed by atoms with Crippen molar-refractivity contribution in [3.8, 4) is 11.4 Å². The minimum Gasteiger partial charge on any atom is -0.311 e. The molecular formula is C17H11F6N3O3. The second-order valence-corrected chi connectivity index (χ2v) is 6.26. The summed E-state index contributed by atoms with van der Waals surface area (Å²) in [4.78, 5) is 18.2. The molecule has 6 nitrogen and oxygen atoms in total. The Morgan fingerprint density at radius 2 is 1.62 bits per heavy atom. The summed E-state index contributed by atoms with van der Waals surface area (Å²) >= 11 is 0. The van der Waals surface area contributed by atoms with Crippen LogP contribution >= 0.6 is 0 Å². The van der Waals surface area contributed by atoms with E-state index in [0.717, 1.165) is 18.2 Å². The molecule has 0 radical (unpaired) electrons. The summed E-state index contributed by atoms with van der Waals surface area (Å²) in [5.41, 5.74) is -2.56. The SMILES string of the molecule is Cc1cc(-c2nc3c([N+](=O)[O-])cc(C)cc3n2OC(F)(F)F)cc(C(F)(F)F)c1. The largest absolute Gasteiger partial charge is 0.591 e. The van der Waals surface area contributed by atoms with Crippen molar-refractivity contribution in [2.75, 3.05) is 0 Å². The molecule has 0 aliphatic rings. The van der Waals surface area contributed by atoms with Crippen LogP contribution in [0.25, 0.3) is 22.4 Å². The molecule has 0 saturated carbocycles. The number of benzene rings is 2. The van der Waals surface area contributed by atoms with E-state index >= 15 is 0 Å². The zero-order valence-electron chi connectivity index (χ0n) is 14.7. The van der Waals surface area contributed by atoms with Gasteiger partial charge in [-0.2, -0.15) is 17.9 Å².